The number of likely N-dealkylation sites (N-methyl/N-ethyl adjacent to an activating group) is 1. The number of hydrogen-bond donors (Lipinski definition) is 2. The van der Waals surface area contributed by atoms with Crippen LogP contribution in [0.2, 0.25) is 0 Å². The van der Waals surface area contributed by atoms with Crippen molar-refractivity contribution in [1.29, 1.82) is 0 Å². The first-order chi connectivity index (χ1) is 10.3. The number of primary amides is 1. The molecule has 0 spiro atoms. The molecule has 1 aliphatic rings. The topological polar surface area (TPSA) is 87.9 Å². The van der Waals surface area contributed by atoms with E-state index in [1.165, 1.54) is 5.57 Å². The second-order valence-electron chi connectivity index (χ2n) is 6.16. The Labute approximate surface area is 129 Å². The lowest BCUT2D eigenvalue weighted by Crippen LogP contribution is -2.42. The summed E-state index contributed by atoms with van der Waals surface area (Å²) in [6, 6.07) is 6.01. The zero-order valence-corrected chi connectivity index (χ0v) is 13.1. The SMILES string of the molecule is CC1=CC(C)(C)N(C)c2ccc(-c3n[nH]nc3C(N)=O)cc21. The first-order valence-electron chi connectivity index (χ1n) is 7.10. The van der Waals surface area contributed by atoms with Gasteiger partial charge in [0.1, 0.15) is 5.69 Å². The van der Waals surface area contributed by atoms with Gasteiger partial charge in [-0.25, -0.2) is 0 Å². The van der Waals surface area contributed by atoms with Crippen LogP contribution in [-0.4, -0.2) is 33.9 Å². The van der Waals surface area contributed by atoms with Gasteiger partial charge in [-0.15, -0.1) is 0 Å². The number of nitrogens with one attached hydrogen (secondary N) is 1. The summed E-state index contributed by atoms with van der Waals surface area (Å²) in [5.41, 5.74) is 10.2. The van der Waals surface area contributed by atoms with E-state index in [4.69, 9.17) is 5.73 Å². The van der Waals surface area contributed by atoms with E-state index in [2.05, 4.69) is 54.2 Å². The molecule has 22 heavy (non-hydrogen) atoms. The number of amides is 1. The number of fused-ring (bicyclic) bond motifs is 1. The van der Waals surface area contributed by atoms with Crippen LogP contribution in [0.25, 0.3) is 16.8 Å². The maximum Gasteiger partial charge on any atom is 0.271 e. The fourth-order valence-electron chi connectivity index (χ4n) is 2.91. The quantitative estimate of drug-likeness (QED) is 0.889. The fourth-order valence-corrected chi connectivity index (χ4v) is 2.91. The molecule has 1 aromatic heterocycles. The molecule has 3 N–H and O–H groups in total. The third-order valence-corrected chi connectivity index (χ3v) is 4.27. The van der Waals surface area contributed by atoms with Crippen molar-refractivity contribution in [2.75, 3.05) is 11.9 Å². The number of aromatic amines is 1. The number of allylic oxidation sites excluding steroid dienone is 1. The molecule has 1 amide bonds. The van der Waals surface area contributed by atoms with E-state index in [0.717, 1.165) is 16.8 Å². The van der Waals surface area contributed by atoms with Crippen LogP contribution < -0.4 is 10.6 Å². The number of rotatable bonds is 2. The van der Waals surface area contributed by atoms with E-state index in [0.29, 0.717) is 5.69 Å². The molecule has 2 heterocycles. The molecule has 114 valence electrons. The van der Waals surface area contributed by atoms with Crippen LogP contribution in [-0.2, 0) is 0 Å². The first kappa shape index (κ1) is 14.3. The van der Waals surface area contributed by atoms with Gasteiger partial charge in [0.15, 0.2) is 5.69 Å². The second-order valence-corrected chi connectivity index (χ2v) is 6.16. The molecule has 6 heteroatoms. The van der Waals surface area contributed by atoms with Gasteiger partial charge in [-0.2, -0.15) is 15.4 Å². The second kappa shape index (κ2) is 4.69. The average molecular weight is 297 g/mol. The highest BCUT2D eigenvalue weighted by molar-refractivity contribution is 5.97. The molecule has 0 bridgehead atoms. The number of nitrogens with two attached hydrogens (primary N) is 1. The van der Waals surface area contributed by atoms with Crippen molar-refractivity contribution < 1.29 is 4.79 Å². The highest BCUT2D eigenvalue weighted by Crippen LogP contribution is 2.39. The van der Waals surface area contributed by atoms with Crippen molar-refractivity contribution in [1.82, 2.24) is 15.4 Å². The van der Waals surface area contributed by atoms with Gasteiger partial charge in [-0.3, -0.25) is 4.79 Å². The summed E-state index contributed by atoms with van der Waals surface area (Å²) in [5.74, 6) is -0.591. The number of hydrogen-bond acceptors (Lipinski definition) is 4. The van der Waals surface area contributed by atoms with Crippen molar-refractivity contribution in [2.24, 2.45) is 5.73 Å². The number of nitrogens with zero attached hydrogens (tertiary/aromatic N) is 3. The van der Waals surface area contributed by atoms with Gasteiger partial charge in [0.25, 0.3) is 5.91 Å². The number of carbonyl (C=O) groups is 1. The highest BCUT2D eigenvalue weighted by atomic mass is 16.1. The molecule has 0 radical (unpaired) electrons. The Balaban J connectivity index is 2.15. The molecule has 1 aliphatic heterocycles. The Kier molecular flexibility index (Phi) is 3.05. The summed E-state index contributed by atoms with van der Waals surface area (Å²) in [7, 11) is 2.08. The number of carbonyl (C=O) groups excluding carboxylic acids is 1. The molecule has 0 unspecified atom stereocenters. The van der Waals surface area contributed by atoms with Gasteiger partial charge in [0, 0.05) is 23.9 Å². The average Bonchev–Trinajstić information content (AvgIpc) is 2.93. The normalized spacial score (nSPS) is 16.2. The highest BCUT2D eigenvalue weighted by Gasteiger charge is 2.29. The van der Waals surface area contributed by atoms with Crippen molar-refractivity contribution >= 4 is 17.2 Å². The van der Waals surface area contributed by atoms with Crippen LogP contribution in [0, 0.1) is 0 Å². The summed E-state index contributed by atoms with van der Waals surface area (Å²) < 4.78 is 0. The first-order valence-corrected chi connectivity index (χ1v) is 7.10. The van der Waals surface area contributed by atoms with Crippen molar-refractivity contribution in [2.45, 2.75) is 26.3 Å². The summed E-state index contributed by atoms with van der Waals surface area (Å²) in [6.45, 7) is 6.45. The van der Waals surface area contributed by atoms with E-state index < -0.39 is 5.91 Å². The number of benzene rings is 1. The number of H-pyrrole nitrogens is 1. The van der Waals surface area contributed by atoms with Crippen LogP contribution >= 0.6 is 0 Å². The van der Waals surface area contributed by atoms with Gasteiger partial charge in [0.2, 0.25) is 0 Å². The van der Waals surface area contributed by atoms with Gasteiger partial charge in [0.05, 0.1) is 5.54 Å². The predicted molar refractivity (Wildman–Crippen MR) is 86.5 cm³/mol. The molecular formula is C16H19N5O. The van der Waals surface area contributed by atoms with Crippen molar-refractivity contribution in [3.63, 3.8) is 0 Å². The van der Waals surface area contributed by atoms with E-state index >= 15 is 0 Å². The number of aromatic nitrogens is 3. The third-order valence-electron chi connectivity index (χ3n) is 4.27. The minimum Gasteiger partial charge on any atom is -0.366 e. The largest absolute Gasteiger partial charge is 0.366 e. The molecule has 0 fully saturated rings. The van der Waals surface area contributed by atoms with Gasteiger partial charge >= 0.3 is 0 Å². The van der Waals surface area contributed by atoms with Crippen LogP contribution in [0.4, 0.5) is 5.69 Å². The molecule has 3 rings (SSSR count). The van der Waals surface area contributed by atoms with Crippen LogP contribution in [0.5, 0.6) is 0 Å². The minimum atomic E-state index is -0.591. The molecule has 0 saturated heterocycles. The molecule has 0 saturated carbocycles. The standard InChI is InChI=1S/C16H19N5O/c1-9-8-16(2,3)21(4)12-6-5-10(7-11(9)12)13-14(15(17)22)19-20-18-13/h5-8H,1-4H3,(H2,17,22)(H,18,19,20). The summed E-state index contributed by atoms with van der Waals surface area (Å²) in [6.07, 6.45) is 2.23. The summed E-state index contributed by atoms with van der Waals surface area (Å²) in [4.78, 5) is 13.7. The maximum absolute atomic E-state index is 11.4. The molecule has 0 aliphatic carbocycles. The van der Waals surface area contributed by atoms with Crippen molar-refractivity contribution in [3.05, 3.63) is 35.5 Å². The smallest absolute Gasteiger partial charge is 0.271 e. The zero-order chi connectivity index (χ0) is 16.1. The Bertz CT molecular complexity index is 788. The summed E-state index contributed by atoms with van der Waals surface area (Å²) in [5, 5.41) is 10.4. The maximum atomic E-state index is 11.4. The van der Waals surface area contributed by atoms with E-state index in [1.807, 2.05) is 18.2 Å². The lowest BCUT2D eigenvalue weighted by Gasteiger charge is -2.40. The molecule has 0 atom stereocenters. The predicted octanol–water partition coefficient (Wildman–Crippen LogP) is 2.20. The van der Waals surface area contributed by atoms with Crippen LogP contribution in [0.3, 0.4) is 0 Å². The number of anilines is 1. The van der Waals surface area contributed by atoms with Crippen LogP contribution in [0.15, 0.2) is 24.3 Å². The van der Waals surface area contributed by atoms with E-state index in [9.17, 15) is 4.79 Å². The molecule has 1 aromatic carbocycles. The minimum absolute atomic E-state index is 0.0368. The van der Waals surface area contributed by atoms with Gasteiger partial charge in [-0.1, -0.05) is 12.1 Å². The lowest BCUT2D eigenvalue weighted by atomic mass is 9.88. The molecule has 2 aromatic rings. The van der Waals surface area contributed by atoms with Crippen molar-refractivity contribution in [3.8, 4) is 11.3 Å². The van der Waals surface area contributed by atoms with E-state index in [1.54, 1.807) is 0 Å². The van der Waals surface area contributed by atoms with Gasteiger partial charge in [-0.05, 0) is 38.5 Å². The lowest BCUT2D eigenvalue weighted by molar-refractivity contribution is 0.0996. The Hall–Kier alpha value is -2.63. The summed E-state index contributed by atoms with van der Waals surface area (Å²) >= 11 is 0. The Morgan fingerprint density at radius 3 is 2.73 bits per heavy atom. The molecular weight excluding hydrogens is 278 g/mol. The fraction of sp³-hybridized carbons (Fsp3) is 0.312. The Morgan fingerprint density at radius 2 is 2.05 bits per heavy atom. The van der Waals surface area contributed by atoms with Crippen LogP contribution in [0.1, 0.15) is 36.8 Å². The zero-order valence-electron chi connectivity index (χ0n) is 13.1. The van der Waals surface area contributed by atoms with E-state index in [-0.39, 0.29) is 11.2 Å². The molecule has 6 nitrogen and oxygen atoms in total. The monoisotopic (exact) mass is 297 g/mol. The Morgan fingerprint density at radius 1 is 1.32 bits per heavy atom. The third kappa shape index (κ3) is 2.07. The van der Waals surface area contributed by atoms with Gasteiger partial charge < -0.3 is 10.6 Å².